The number of carbonyl (C=O) groups excluding carboxylic acids is 1. The van der Waals surface area contributed by atoms with Crippen LogP contribution < -0.4 is 15.8 Å². The summed E-state index contributed by atoms with van der Waals surface area (Å²) in [6.45, 7) is 4.94. The Morgan fingerprint density at radius 2 is 2.09 bits per heavy atom. The molecule has 3 N–H and O–H groups in total. The number of nitrogens with two attached hydrogens (primary N) is 1. The summed E-state index contributed by atoms with van der Waals surface area (Å²) in [4.78, 5) is 14.0. The number of benzene rings is 1. The molecule has 0 fully saturated rings. The van der Waals surface area contributed by atoms with Crippen molar-refractivity contribution >= 4 is 17.2 Å². The molecule has 0 saturated carbocycles. The topological polar surface area (TPSA) is 64.3 Å². The minimum Gasteiger partial charge on any atom is -0.492 e. The van der Waals surface area contributed by atoms with Gasteiger partial charge in [-0.25, -0.2) is 0 Å². The van der Waals surface area contributed by atoms with Crippen LogP contribution in [0.15, 0.2) is 36.4 Å². The first-order valence-electron chi connectivity index (χ1n) is 7.47. The van der Waals surface area contributed by atoms with E-state index in [9.17, 15) is 4.79 Å². The van der Waals surface area contributed by atoms with Crippen LogP contribution >= 0.6 is 11.3 Å². The average molecular weight is 318 g/mol. The van der Waals surface area contributed by atoms with Gasteiger partial charge in [-0.05, 0) is 31.9 Å². The fourth-order valence-corrected chi connectivity index (χ4v) is 3.06. The lowest BCUT2D eigenvalue weighted by Gasteiger charge is -2.07. The first kappa shape index (κ1) is 16.5. The van der Waals surface area contributed by atoms with Gasteiger partial charge in [-0.2, -0.15) is 0 Å². The van der Waals surface area contributed by atoms with E-state index in [-0.39, 0.29) is 11.9 Å². The molecule has 4 nitrogen and oxygen atoms in total. The normalized spacial score (nSPS) is 12.0. The van der Waals surface area contributed by atoms with Gasteiger partial charge in [0.25, 0.3) is 5.91 Å². The molecule has 0 aliphatic heterocycles. The maximum atomic E-state index is 12.3. The molecule has 2 aromatic rings. The van der Waals surface area contributed by atoms with Crippen molar-refractivity contribution in [2.45, 2.75) is 26.3 Å². The number of rotatable bonds is 7. The van der Waals surface area contributed by atoms with E-state index in [1.165, 1.54) is 11.3 Å². The van der Waals surface area contributed by atoms with Crippen molar-refractivity contribution in [3.8, 4) is 16.2 Å². The van der Waals surface area contributed by atoms with Gasteiger partial charge >= 0.3 is 0 Å². The third-order valence-corrected chi connectivity index (χ3v) is 4.31. The second-order valence-electron chi connectivity index (χ2n) is 5.12. The van der Waals surface area contributed by atoms with Crippen LogP contribution in [0.25, 0.3) is 10.4 Å². The smallest absolute Gasteiger partial charge is 0.265 e. The predicted molar refractivity (Wildman–Crippen MR) is 91.5 cm³/mol. The molecule has 1 aromatic carbocycles. The largest absolute Gasteiger partial charge is 0.492 e. The number of nitrogens with one attached hydrogen (secondary N) is 1. The average Bonchev–Trinajstić information content (AvgIpc) is 2.92. The van der Waals surface area contributed by atoms with E-state index < -0.39 is 0 Å². The lowest BCUT2D eigenvalue weighted by molar-refractivity contribution is 0.0953. The van der Waals surface area contributed by atoms with Crippen LogP contribution in [-0.2, 0) is 0 Å². The zero-order chi connectivity index (χ0) is 15.9. The Balaban J connectivity index is 2.18. The van der Waals surface area contributed by atoms with Gasteiger partial charge in [0.1, 0.15) is 10.6 Å². The van der Waals surface area contributed by atoms with Crippen LogP contribution in [0.5, 0.6) is 5.75 Å². The molecule has 2 rings (SSSR count). The number of thiophene rings is 1. The second kappa shape index (κ2) is 7.96. The van der Waals surface area contributed by atoms with Gasteiger partial charge in [0.15, 0.2) is 0 Å². The molecule has 0 aliphatic carbocycles. The molecule has 0 saturated heterocycles. The van der Waals surface area contributed by atoms with Gasteiger partial charge in [-0.3, -0.25) is 4.79 Å². The number of carbonyl (C=O) groups is 1. The molecule has 118 valence electrons. The van der Waals surface area contributed by atoms with E-state index >= 15 is 0 Å². The number of ether oxygens (including phenoxy) is 1. The number of hydrogen-bond donors (Lipinski definition) is 2. The monoisotopic (exact) mass is 318 g/mol. The predicted octanol–water partition coefficient (Wildman–Crippen LogP) is 3.28. The Kier molecular flexibility index (Phi) is 5.98. The summed E-state index contributed by atoms with van der Waals surface area (Å²) in [6, 6.07) is 12.0. The Bertz CT molecular complexity index is 608. The summed E-state index contributed by atoms with van der Waals surface area (Å²) >= 11 is 1.45. The molecule has 1 amide bonds. The van der Waals surface area contributed by atoms with Crippen LogP contribution in [0, 0.1) is 0 Å². The van der Waals surface area contributed by atoms with Crippen LogP contribution in [0.4, 0.5) is 0 Å². The molecule has 0 radical (unpaired) electrons. The molecule has 22 heavy (non-hydrogen) atoms. The maximum Gasteiger partial charge on any atom is 0.265 e. The first-order chi connectivity index (χ1) is 10.6. The molecule has 1 aromatic heterocycles. The summed E-state index contributed by atoms with van der Waals surface area (Å²) in [5.41, 5.74) is 6.79. The number of hydrogen-bond acceptors (Lipinski definition) is 4. The van der Waals surface area contributed by atoms with Gasteiger partial charge in [-0.1, -0.05) is 30.3 Å². The Hall–Kier alpha value is -1.85. The molecule has 1 unspecified atom stereocenters. The minimum atomic E-state index is -0.101. The second-order valence-corrected chi connectivity index (χ2v) is 6.18. The zero-order valence-electron chi connectivity index (χ0n) is 13.0. The Morgan fingerprint density at radius 3 is 2.73 bits per heavy atom. The summed E-state index contributed by atoms with van der Waals surface area (Å²) in [5.74, 6) is 0.543. The van der Waals surface area contributed by atoms with Crippen molar-refractivity contribution in [1.82, 2.24) is 5.32 Å². The van der Waals surface area contributed by atoms with E-state index in [0.717, 1.165) is 16.9 Å². The third kappa shape index (κ3) is 4.32. The molecule has 1 heterocycles. The SMILES string of the molecule is CCOc1cc(-c2ccccc2)sc1C(=O)NCCC(C)N. The fraction of sp³-hybridized carbons (Fsp3) is 0.353. The van der Waals surface area contributed by atoms with Crippen molar-refractivity contribution in [3.05, 3.63) is 41.3 Å². The molecule has 0 aliphatic rings. The van der Waals surface area contributed by atoms with Crippen molar-refractivity contribution in [2.24, 2.45) is 5.73 Å². The van der Waals surface area contributed by atoms with Gasteiger partial charge in [0.2, 0.25) is 0 Å². The summed E-state index contributed by atoms with van der Waals surface area (Å²) in [5, 5.41) is 2.91. The van der Waals surface area contributed by atoms with Gasteiger partial charge in [-0.15, -0.1) is 11.3 Å². The highest BCUT2D eigenvalue weighted by molar-refractivity contribution is 7.17. The Morgan fingerprint density at radius 1 is 1.36 bits per heavy atom. The van der Waals surface area contributed by atoms with Crippen LogP contribution in [-0.4, -0.2) is 25.1 Å². The van der Waals surface area contributed by atoms with E-state index in [0.29, 0.717) is 23.8 Å². The van der Waals surface area contributed by atoms with Crippen molar-refractivity contribution in [3.63, 3.8) is 0 Å². The van der Waals surface area contributed by atoms with E-state index in [2.05, 4.69) is 5.32 Å². The first-order valence-corrected chi connectivity index (χ1v) is 8.29. The third-order valence-electron chi connectivity index (χ3n) is 3.15. The standard InChI is InChI=1S/C17H22N2O2S/c1-3-21-14-11-15(13-7-5-4-6-8-13)22-16(14)17(20)19-10-9-12(2)18/h4-8,11-12H,3,9-10,18H2,1-2H3,(H,19,20). The lowest BCUT2D eigenvalue weighted by atomic mass is 10.2. The van der Waals surface area contributed by atoms with Gasteiger partial charge in [0.05, 0.1) is 6.61 Å². The minimum absolute atomic E-state index is 0.0786. The fourth-order valence-electron chi connectivity index (χ4n) is 2.03. The highest BCUT2D eigenvalue weighted by atomic mass is 32.1. The van der Waals surface area contributed by atoms with Crippen molar-refractivity contribution < 1.29 is 9.53 Å². The Labute approximate surface area is 135 Å². The summed E-state index contributed by atoms with van der Waals surface area (Å²) in [6.07, 6.45) is 0.757. The highest BCUT2D eigenvalue weighted by Gasteiger charge is 2.18. The van der Waals surface area contributed by atoms with Crippen LogP contribution in [0.3, 0.4) is 0 Å². The van der Waals surface area contributed by atoms with Gasteiger partial charge in [0, 0.05) is 17.5 Å². The zero-order valence-corrected chi connectivity index (χ0v) is 13.8. The van der Waals surface area contributed by atoms with Crippen molar-refractivity contribution in [1.29, 1.82) is 0 Å². The van der Waals surface area contributed by atoms with E-state index in [1.807, 2.05) is 50.2 Å². The summed E-state index contributed by atoms with van der Waals surface area (Å²) < 4.78 is 5.61. The van der Waals surface area contributed by atoms with Crippen LogP contribution in [0.2, 0.25) is 0 Å². The van der Waals surface area contributed by atoms with E-state index in [4.69, 9.17) is 10.5 Å². The number of amides is 1. The van der Waals surface area contributed by atoms with Gasteiger partial charge < -0.3 is 15.8 Å². The molecule has 0 bridgehead atoms. The lowest BCUT2D eigenvalue weighted by Crippen LogP contribution is -2.28. The van der Waals surface area contributed by atoms with Crippen LogP contribution in [0.1, 0.15) is 29.9 Å². The molecule has 0 spiro atoms. The molecule has 5 heteroatoms. The summed E-state index contributed by atoms with van der Waals surface area (Å²) in [7, 11) is 0. The highest BCUT2D eigenvalue weighted by Crippen LogP contribution is 2.36. The molecular formula is C17H22N2O2S. The maximum absolute atomic E-state index is 12.3. The van der Waals surface area contributed by atoms with Crippen molar-refractivity contribution in [2.75, 3.05) is 13.2 Å². The quantitative estimate of drug-likeness (QED) is 0.823. The molecular weight excluding hydrogens is 296 g/mol. The van der Waals surface area contributed by atoms with E-state index in [1.54, 1.807) is 0 Å². The molecule has 1 atom stereocenters.